The molecule has 4 heteroatoms. The van der Waals surface area contributed by atoms with Crippen LogP contribution in [0, 0.1) is 16.6 Å². The second-order valence-electron chi connectivity index (χ2n) is 6.12. The second-order valence-corrected chi connectivity index (χ2v) is 6.12. The lowest BCUT2D eigenvalue weighted by Gasteiger charge is -2.07. The molecular formula is C14H19FN2O. The van der Waals surface area contributed by atoms with Crippen molar-refractivity contribution in [2.24, 2.45) is 10.8 Å². The number of carbonyl (C=O) groups is 1. The molecule has 3 N–H and O–H groups in total. The molecule has 18 heavy (non-hydrogen) atoms. The summed E-state index contributed by atoms with van der Waals surface area (Å²) in [5.74, 6) is -0.765. The first-order valence-electron chi connectivity index (χ1n) is 6.03. The largest absolute Gasteiger partial charge is 0.399 e. The van der Waals surface area contributed by atoms with Crippen LogP contribution in [0.4, 0.5) is 10.1 Å². The van der Waals surface area contributed by atoms with Crippen LogP contribution in [0.1, 0.15) is 38.1 Å². The third kappa shape index (κ3) is 1.85. The molecule has 1 fully saturated rings. The molecule has 1 aromatic rings. The molecule has 0 bridgehead atoms. The molecular weight excluding hydrogens is 231 g/mol. The van der Waals surface area contributed by atoms with Gasteiger partial charge in [-0.15, -0.1) is 0 Å². The molecule has 1 amide bonds. The van der Waals surface area contributed by atoms with E-state index < -0.39 is 5.82 Å². The second kappa shape index (κ2) is 3.70. The maximum Gasteiger partial charge on any atom is 0.251 e. The van der Waals surface area contributed by atoms with Gasteiger partial charge < -0.3 is 11.1 Å². The Labute approximate surface area is 107 Å². The van der Waals surface area contributed by atoms with Crippen LogP contribution in [0.2, 0.25) is 0 Å². The van der Waals surface area contributed by atoms with Gasteiger partial charge >= 0.3 is 0 Å². The van der Waals surface area contributed by atoms with Crippen LogP contribution in [-0.2, 0) is 0 Å². The SMILES string of the molecule is CC1(C)C(NC(=O)c2cc(N)cc(F)c2)C1(C)C. The highest BCUT2D eigenvalue weighted by Gasteiger charge is 2.65. The van der Waals surface area contributed by atoms with Crippen LogP contribution in [-0.4, -0.2) is 11.9 Å². The Bertz CT molecular complexity index is 474. The fourth-order valence-electron chi connectivity index (χ4n) is 2.52. The molecule has 98 valence electrons. The summed E-state index contributed by atoms with van der Waals surface area (Å²) in [6.45, 7) is 8.44. The molecule has 1 aliphatic carbocycles. The number of nitrogens with one attached hydrogen (secondary N) is 1. The summed E-state index contributed by atoms with van der Waals surface area (Å²) in [5.41, 5.74) is 6.17. The van der Waals surface area contributed by atoms with Crippen LogP contribution in [0.25, 0.3) is 0 Å². The standard InChI is InChI=1S/C14H19FN2O/c1-13(2)12(14(13,3)4)17-11(18)8-5-9(15)7-10(16)6-8/h5-7,12H,16H2,1-4H3,(H,17,18). The number of nitrogens with two attached hydrogens (primary N) is 1. The van der Waals surface area contributed by atoms with Crippen molar-refractivity contribution in [3.05, 3.63) is 29.6 Å². The van der Waals surface area contributed by atoms with Gasteiger partial charge in [-0.1, -0.05) is 27.7 Å². The van der Waals surface area contributed by atoms with E-state index >= 15 is 0 Å². The predicted molar refractivity (Wildman–Crippen MR) is 69.6 cm³/mol. The Kier molecular flexibility index (Phi) is 2.65. The Morgan fingerprint density at radius 1 is 1.22 bits per heavy atom. The highest BCUT2D eigenvalue weighted by Crippen LogP contribution is 2.62. The Morgan fingerprint density at radius 3 is 2.22 bits per heavy atom. The summed E-state index contributed by atoms with van der Waals surface area (Å²) in [4.78, 5) is 12.0. The van der Waals surface area contributed by atoms with Crippen molar-refractivity contribution in [2.75, 3.05) is 5.73 Å². The maximum absolute atomic E-state index is 13.2. The zero-order valence-corrected chi connectivity index (χ0v) is 11.2. The van der Waals surface area contributed by atoms with Crippen molar-refractivity contribution in [2.45, 2.75) is 33.7 Å². The van der Waals surface area contributed by atoms with Gasteiger partial charge in [0.05, 0.1) is 0 Å². The average Bonchev–Trinajstić information content (AvgIpc) is 2.59. The molecule has 0 saturated heterocycles. The molecule has 1 saturated carbocycles. The molecule has 2 rings (SSSR count). The molecule has 3 nitrogen and oxygen atoms in total. The van der Waals surface area contributed by atoms with Crippen LogP contribution in [0.15, 0.2) is 18.2 Å². The number of amides is 1. The van der Waals surface area contributed by atoms with Gasteiger partial charge in [-0.25, -0.2) is 4.39 Å². The zero-order chi connectivity index (χ0) is 13.7. The van der Waals surface area contributed by atoms with Gasteiger partial charge in [0.1, 0.15) is 5.82 Å². The van der Waals surface area contributed by atoms with E-state index in [1.165, 1.54) is 18.2 Å². The van der Waals surface area contributed by atoms with E-state index in [9.17, 15) is 9.18 Å². The highest BCUT2D eigenvalue weighted by atomic mass is 19.1. The third-order valence-electron chi connectivity index (χ3n) is 4.48. The van der Waals surface area contributed by atoms with Gasteiger partial charge in [-0.3, -0.25) is 4.79 Å². The lowest BCUT2D eigenvalue weighted by atomic mass is 10.0. The fraction of sp³-hybridized carbons (Fsp3) is 0.500. The van der Waals surface area contributed by atoms with Gasteiger partial charge in [0.15, 0.2) is 0 Å². The van der Waals surface area contributed by atoms with Crippen molar-refractivity contribution in [3.8, 4) is 0 Å². The molecule has 0 radical (unpaired) electrons. The van der Waals surface area contributed by atoms with E-state index in [1.54, 1.807) is 0 Å². The number of carbonyl (C=O) groups excluding carboxylic acids is 1. The quantitative estimate of drug-likeness (QED) is 0.793. The maximum atomic E-state index is 13.2. The molecule has 1 aliphatic rings. The molecule has 0 aromatic heterocycles. The molecule has 0 unspecified atom stereocenters. The summed E-state index contributed by atoms with van der Waals surface area (Å²) >= 11 is 0. The topological polar surface area (TPSA) is 55.1 Å². The fourth-order valence-corrected chi connectivity index (χ4v) is 2.52. The predicted octanol–water partition coefficient (Wildman–Crippen LogP) is 2.57. The minimum atomic E-state index is -0.491. The van der Waals surface area contributed by atoms with Crippen molar-refractivity contribution >= 4 is 11.6 Å². The summed E-state index contributed by atoms with van der Waals surface area (Å²) in [6.07, 6.45) is 0. The lowest BCUT2D eigenvalue weighted by molar-refractivity contribution is 0.0943. The van der Waals surface area contributed by atoms with Gasteiger partial charge in [0.2, 0.25) is 0 Å². The normalized spacial score (nSPS) is 20.5. The van der Waals surface area contributed by atoms with Crippen molar-refractivity contribution < 1.29 is 9.18 Å². The Morgan fingerprint density at radius 2 is 1.78 bits per heavy atom. The van der Waals surface area contributed by atoms with E-state index in [-0.39, 0.29) is 34.0 Å². The lowest BCUT2D eigenvalue weighted by Crippen LogP contribution is -2.29. The number of halogens is 1. The van der Waals surface area contributed by atoms with Gasteiger partial charge in [0.25, 0.3) is 5.91 Å². The number of benzene rings is 1. The first kappa shape index (κ1) is 12.9. The van der Waals surface area contributed by atoms with E-state index in [2.05, 4.69) is 33.0 Å². The van der Waals surface area contributed by atoms with E-state index in [1.807, 2.05) is 0 Å². The van der Waals surface area contributed by atoms with Crippen molar-refractivity contribution in [1.82, 2.24) is 5.32 Å². The first-order valence-corrected chi connectivity index (χ1v) is 6.03. The molecule has 0 heterocycles. The highest BCUT2D eigenvalue weighted by molar-refractivity contribution is 5.95. The van der Waals surface area contributed by atoms with Crippen LogP contribution < -0.4 is 11.1 Å². The van der Waals surface area contributed by atoms with Crippen LogP contribution >= 0.6 is 0 Å². The molecule has 0 atom stereocenters. The minimum Gasteiger partial charge on any atom is -0.399 e. The Balaban J connectivity index is 2.15. The summed E-state index contributed by atoms with van der Waals surface area (Å²) in [6, 6.07) is 3.98. The number of rotatable bonds is 2. The van der Waals surface area contributed by atoms with E-state index in [4.69, 9.17) is 5.73 Å². The van der Waals surface area contributed by atoms with Crippen molar-refractivity contribution in [3.63, 3.8) is 0 Å². The van der Waals surface area contributed by atoms with Crippen LogP contribution in [0.5, 0.6) is 0 Å². The zero-order valence-electron chi connectivity index (χ0n) is 11.2. The summed E-state index contributed by atoms with van der Waals surface area (Å²) < 4.78 is 13.2. The van der Waals surface area contributed by atoms with Gasteiger partial charge in [-0.05, 0) is 29.0 Å². The average molecular weight is 250 g/mol. The minimum absolute atomic E-state index is 0.0571. The first-order chi connectivity index (χ1) is 8.16. The van der Waals surface area contributed by atoms with Crippen molar-refractivity contribution in [1.29, 1.82) is 0 Å². The summed E-state index contributed by atoms with van der Waals surface area (Å²) in [7, 11) is 0. The molecule has 0 spiro atoms. The van der Waals surface area contributed by atoms with E-state index in [0.717, 1.165) is 0 Å². The van der Waals surface area contributed by atoms with Crippen LogP contribution in [0.3, 0.4) is 0 Å². The molecule has 0 aliphatic heterocycles. The number of anilines is 1. The molecule has 1 aromatic carbocycles. The third-order valence-corrected chi connectivity index (χ3v) is 4.48. The van der Waals surface area contributed by atoms with Gasteiger partial charge in [0, 0.05) is 17.3 Å². The van der Waals surface area contributed by atoms with E-state index in [0.29, 0.717) is 0 Å². The number of hydrogen-bond donors (Lipinski definition) is 2. The summed E-state index contributed by atoms with van der Waals surface area (Å²) in [5, 5.41) is 2.94. The number of nitrogen functional groups attached to an aromatic ring is 1. The smallest absolute Gasteiger partial charge is 0.251 e. The Hall–Kier alpha value is -1.58. The monoisotopic (exact) mass is 250 g/mol. The van der Waals surface area contributed by atoms with Gasteiger partial charge in [-0.2, -0.15) is 0 Å². The number of hydrogen-bond acceptors (Lipinski definition) is 2.